The summed E-state index contributed by atoms with van der Waals surface area (Å²) in [5.74, 6) is 3.74. The van der Waals surface area contributed by atoms with Crippen molar-refractivity contribution >= 4 is 0 Å². The monoisotopic (exact) mass is 477 g/mol. The molecule has 3 atom stereocenters. The molecule has 1 aliphatic rings. The number of hydrogen-bond donors (Lipinski definition) is 0. The molecule has 1 aliphatic carbocycles. The molecule has 3 rings (SSSR count). The van der Waals surface area contributed by atoms with Crippen molar-refractivity contribution in [2.45, 2.75) is 117 Å². The second-order valence-electron chi connectivity index (χ2n) is 11.1. The van der Waals surface area contributed by atoms with Gasteiger partial charge in [-0.3, -0.25) is 4.98 Å². The zero-order valence-corrected chi connectivity index (χ0v) is 22.9. The van der Waals surface area contributed by atoms with Crippen molar-refractivity contribution in [3.63, 3.8) is 0 Å². The van der Waals surface area contributed by atoms with Crippen molar-refractivity contribution in [1.82, 2.24) is 4.98 Å². The Labute approximate surface area is 216 Å². The summed E-state index contributed by atoms with van der Waals surface area (Å²) in [6.07, 6.45) is 22.3. The minimum Gasteiger partial charge on any atom is -0.494 e. The van der Waals surface area contributed by atoms with Gasteiger partial charge in [-0.05, 0) is 79.3 Å². The van der Waals surface area contributed by atoms with E-state index in [1.807, 2.05) is 0 Å². The summed E-state index contributed by atoms with van der Waals surface area (Å²) in [6.45, 7) is 7.79. The molecule has 0 spiro atoms. The Morgan fingerprint density at radius 3 is 2.26 bits per heavy atom. The van der Waals surface area contributed by atoms with E-state index in [9.17, 15) is 0 Å². The Bertz CT molecular complexity index is 797. The Hall–Kier alpha value is -1.83. The van der Waals surface area contributed by atoms with Crippen LogP contribution in [0.1, 0.15) is 116 Å². The third-order valence-electron chi connectivity index (χ3n) is 8.32. The summed E-state index contributed by atoms with van der Waals surface area (Å²) in [4.78, 5) is 4.73. The van der Waals surface area contributed by atoms with Crippen molar-refractivity contribution in [3.05, 3.63) is 48.2 Å². The van der Waals surface area contributed by atoms with Gasteiger partial charge in [0.25, 0.3) is 0 Å². The Kier molecular flexibility index (Phi) is 12.7. The quantitative estimate of drug-likeness (QED) is 0.224. The maximum Gasteiger partial charge on any atom is 0.119 e. The lowest BCUT2D eigenvalue weighted by atomic mass is 9.74. The van der Waals surface area contributed by atoms with E-state index in [1.165, 1.54) is 95.5 Å². The number of benzene rings is 1. The molecule has 0 saturated heterocycles. The first-order chi connectivity index (χ1) is 17.2. The zero-order chi connectivity index (χ0) is 24.7. The van der Waals surface area contributed by atoms with Crippen molar-refractivity contribution in [2.75, 3.05) is 6.61 Å². The lowest BCUT2D eigenvalue weighted by Crippen LogP contribution is -2.20. The van der Waals surface area contributed by atoms with Crippen LogP contribution in [0.4, 0.5) is 0 Å². The van der Waals surface area contributed by atoms with Gasteiger partial charge < -0.3 is 4.74 Å². The molecule has 35 heavy (non-hydrogen) atoms. The number of ether oxygens (including phenoxy) is 1. The highest BCUT2D eigenvalue weighted by molar-refractivity contribution is 5.60. The van der Waals surface area contributed by atoms with Crippen molar-refractivity contribution in [2.24, 2.45) is 17.8 Å². The first-order valence-corrected chi connectivity index (χ1v) is 14.9. The molecule has 2 nitrogen and oxygen atoms in total. The van der Waals surface area contributed by atoms with Gasteiger partial charge >= 0.3 is 0 Å². The number of aryl methyl sites for hydroxylation is 1. The van der Waals surface area contributed by atoms with Crippen LogP contribution in [0.25, 0.3) is 11.3 Å². The van der Waals surface area contributed by atoms with E-state index in [-0.39, 0.29) is 0 Å². The van der Waals surface area contributed by atoms with Crippen LogP contribution < -0.4 is 4.74 Å². The van der Waals surface area contributed by atoms with Crippen LogP contribution >= 0.6 is 0 Å². The molecule has 0 bridgehead atoms. The minimum absolute atomic E-state index is 0.835. The molecular weight excluding hydrogens is 426 g/mol. The molecule has 0 N–H and O–H groups in total. The molecule has 2 aromatic rings. The van der Waals surface area contributed by atoms with E-state index in [0.29, 0.717) is 0 Å². The highest BCUT2D eigenvalue weighted by Crippen LogP contribution is 2.36. The highest BCUT2D eigenvalue weighted by Gasteiger charge is 2.24. The van der Waals surface area contributed by atoms with Crippen LogP contribution in [0, 0.1) is 17.8 Å². The summed E-state index contributed by atoms with van der Waals surface area (Å²) < 4.78 is 6.10. The molecule has 3 unspecified atom stereocenters. The molecule has 194 valence electrons. The molecule has 0 radical (unpaired) electrons. The predicted octanol–water partition coefficient (Wildman–Crippen LogP) is 10.1. The third-order valence-corrected chi connectivity index (χ3v) is 8.32. The number of nitrogens with zero attached hydrogens (tertiary/aromatic N) is 1. The topological polar surface area (TPSA) is 22.1 Å². The smallest absolute Gasteiger partial charge is 0.119 e. The van der Waals surface area contributed by atoms with Gasteiger partial charge in [-0.2, -0.15) is 0 Å². The lowest BCUT2D eigenvalue weighted by molar-refractivity contribution is 0.190. The van der Waals surface area contributed by atoms with Crippen LogP contribution in [0.3, 0.4) is 0 Å². The first-order valence-electron chi connectivity index (χ1n) is 14.9. The standard InChI is InChI=1S/C33H51NO/c1-4-6-7-15-29-16-10-11-17-30(29)18-12-25-35-32-22-20-31(21-23-32)33-24-19-28(26-34-33)14-9-8-13-27(3)5-2/h19-24,26-27,29-30H,4-18,25H2,1-3H3. The van der Waals surface area contributed by atoms with Gasteiger partial charge in [0.2, 0.25) is 0 Å². The fourth-order valence-corrected chi connectivity index (χ4v) is 5.73. The molecule has 1 aromatic heterocycles. The summed E-state index contributed by atoms with van der Waals surface area (Å²) >= 11 is 0. The minimum atomic E-state index is 0.835. The maximum absolute atomic E-state index is 6.10. The molecule has 1 aromatic carbocycles. The first kappa shape index (κ1) is 27.8. The maximum atomic E-state index is 6.10. The van der Waals surface area contributed by atoms with Crippen LogP contribution in [0.2, 0.25) is 0 Å². The normalized spacial score (nSPS) is 18.9. The number of aromatic nitrogens is 1. The highest BCUT2D eigenvalue weighted by atomic mass is 16.5. The average molecular weight is 478 g/mol. The van der Waals surface area contributed by atoms with Crippen molar-refractivity contribution in [3.8, 4) is 17.0 Å². The van der Waals surface area contributed by atoms with Crippen LogP contribution in [0.15, 0.2) is 42.6 Å². The fraction of sp³-hybridized carbons (Fsp3) is 0.667. The second kappa shape index (κ2) is 16.0. The van der Waals surface area contributed by atoms with Gasteiger partial charge in [0, 0.05) is 11.8 Å². The van der Waals surface area contributed by atoms with Gasteiger partial charge in [0.05, 0.1) is 12.3 Å². The molecule has 0 amide bonds. The van der Waals surface area contributed by atoms with Gasteiger partial charge in [-0.1, -0.05) is 97.5 Å². The summed E-state index contributed by atoms with van der Waals surface area (Å²) in [6, 6.07) is 12.9. The van der Waals surface area contributed by atoms with Crippen molar-refractivity contribution in [1.29, 1.82) is 0 Å². The van der Waals surface area contributed by atoms with E-state index in [4.69, 9.17) is 9.72 Å². The molecule has 1 fully saturated rings. The van der Waals surface area contributed by atoms with Crippen LogP contribution in [0.5, 0.6) is 5.75 Å². The zero-order valence-electron chi connectivity index (χ0n) is 22.9. The summed E-state index contributed by atoms with van der Waals surface area (Å²) in [5, 5.41) is 0. The van der Waals surface area contributed by atoms with E-state index in [0.717, 1.165) is 47.8 Å². The second-order valence-corrected chi connectivity index (χ2v) is 11.1. The summed E-state index contributed by atoms with van der Waals surface area (Å²) in [5.41, 5.74) is 3.56. The van der Waals surface area contributed by atoms with E-state index < -0.39 is 0 Å². The number of unbranched alkanes of at least 4 members (excludes halogenated alkanes) is 3. The fourth-order valence-electron chi connectivity index (χ4n) is 5.73. The lowest BCUT2D eigenvalue weighted by Gasteiger charge is -2.31. The Balaban J connectivity index is 1.37. The van der Waals surface area contributed by atoms with Gasteiger partial charge in [-0.15, -0.1) is 0 Å². The van der Waals surface area contributed by atoms with Gasteiger partial charge in [-0.25, -0.2) is 0 Å². The van der Waals surface area contributed by atoms with Crippen LogP contribution in [-0.2, 0) is 6.42 Å². The van der Waals surface area contributed by atoms with Crippen molar-refractivity contribution < 1.29 is 4.74 Å². The van der Waals surface area contributed by atoms with Crippen LogP contribution in [-0.4, -0.2) is 11.6 Å². The van der Waals surface area contributed by atoms with E-state index in [2.05, 4.69) is 63.4 Å². The Morgan fingerprint density at radius 1 is 0.857 bits per heavy atom. The third kappa shape index (κ3) is 9.98. The molecule has 1 heterocycles. The Morgan fingerprint density at radius 2 is 1.60 bits per heavy atom. The SMILES string of the molecule is CCCCCC1CCCCC1CCCOc1ccc(-c2ccc(CCCCC(C)CC)cn2)cc1. The number of rotatable bonds is 16. The molecule has 0 aliphatic heterocycles. The predicted molar refractivity (Wildman–Crippen MR) is 151 cm³/mol. The van der Waals surface area contributed by atoms with E-state index in [1.54, 1.807) is 0 Å². The molecular formula is C33H51NO. The largest absolute Gasteiger partial charge is 0.494 e. The average Bonchev–Trinajstić information content (AvgIpc) is 2.90. The summed E-state index contributed by atoms with van der Waals surface area (Å²) in [7, 11) is 0. The van der Waals surface area contributed by atoms with Gasteiger partial charge in [0.15, 0.2) is 0 Å². The van der Waals surface area contributed by atoms with Gasteiger partial charge in [0.1, 0.15) is 5.75 Å². The number of hydrogen-bond acceptors (Lipinski definition) is 2. The molecule has 2 heteroatoms. The van der Waals surface area contributed by atoms with E-state index >= 15 is 0 Å². The number of pyridine rings is 1. The molecule has 1 saturated carbocycles.